The summed E-state index contributed by atoms with van der Waals surface area (Å²) in [6, 6.07) is 72.5. The van der Waals surface area contributed by atoms with E-state index in [0.29, 0.717) is 0 Å². The molecule has 252 valence electrons. The second-order valence-electron chi connectivity index (χ2n) is 14.1. The van der Waals surface area contributed by atoms with E-state index in [1.165, 1.54) is 66.4 Å². The largest absolute Gasteiger partial charge is 0.456 e. The summed E-state index contributed by atoms with van der Waals surface area (Å²) in [5, 5.41) is 4.73. The second kappa shape index (κ2) is 12.2. The zero-order valence-electron chi connectivity index (χ0n) is 29.4. The van der Waals surface area contributed by atoms with Gasteiger partial charge in [0.25, 0.3) is 0 Å². The van der Waals surface area contributed by atoms with Crippen molar-refractivity contribution in [1.82, 2.24) is 0 Å². The molecular formula is C52H33NO. The van der Waals surface area contributed by atoms with E-state index in [1.807, 2.05) is 12.1 Å². The lowest BCUT2D eigenvalue weighted by Crippen LogP contribution is -2.10. The van der Waals surface area contributed by atoms with E-state index in [1.54, 1.807) is 0 Å². The van der Waals surface area contributed by atoms with Crippen LogP contribution in [0, 0.1) is 0 Å². The monoisotopic (exact) mass is 687 g/mol. The normalized spacial score (nSPS) is 11.7. The minimum absolute atomic E-state index is 0.869. The average molecular weight is 688 g/mol. The van der Waals surface area contributed by atoms with Gasteiger partial charge in [-0.25, -0.2) is 0 Å². The molecule has 1 aromatic heterocycles. The molecule has 1 aliphatic carbocycles. The Labute approximate surface area is 313 Å². The SMILES string of the molecule is c1ccc2c(c1)-c1ccccc1-c1ccc(N(c3ccc(-c4ccc5ccccc5c4)cc3)c3ccc4c(c3)oc3ccccc34)cc1-c1ccccc1-2. The molecule has 0 saturated heterocycles. The van der Waals surface area contributed by atoms with E-state index in [0.717, 1.165) is 39.0 Å². The molecule has 0 saturated carbocycles. The van der Waals surface area contributed by atoms with Crippen molar-refractivity contribution in [2.75, 3.05) is 4.90 Å². The fourth-order valence-corrected chi connectivity index (χ4v) is 8.46. The number of rotatable bonds is 4. The van der Waals surface area contributed by atoms with Crippen molar-refractivity contribution in [1.29, 1.82) is 0 Å². The Morgan fingerprint density at radius 3 is 1.44 bits per heavy atom. The fraction of sp³-hybridized carbons (Fsp3) is 0. The first kappa shape index (κ1) is 30.5. The predicted molar refractivity (Wildman–Crippen MR) is 227 cm³/mol. The van der Waals surface area contributed by atoms with Crippen molar-refractivity contribution in [2.45, 2.75) is 0 Å². The molecule has 0 amide bonds. The molecule has 0 fully saturated rings. The zero-order chi connectivity index (χ0) is 35.6. The number of furan rings is 1. The van der Waals surface area contributed by atoms with E-state index >= 15 is 0 Å². The van der Waals surface area contributed by atoms with Gasteiger partial charge in [0.15, 0.2) is 0 Å². The highest BCUT2D eigenvalue weighted by Crippen LogP contribution is 2.49. The molecule has 0 unspecified atom stereocenters. The Morgan fingerprint density at radius 1 is 0.278 bits per heavy atom. The van der Waals surface area contributed by atoms with Crippen LogP contribution in [0.3, 0.4) is 0 Å². The molecule has 0 spiro atoms. The molecule has 54 heavy (non-hydrogen) atoms. The number of hydrogen-bond acceptors (Lipinski definition) is 2. The molecule has 1 aliphatic rings. The summed E-state index contributed by atoms with van der Waals surface area (Å²) in [5.41, 5.74) is 17.2. The third kappa shape index (κ3) is 4.88. The Hall–Kier alpha value is -7.16. The van der Waals surface area contributed by atoms with Gasteiger partial charge in [-0.3, -0.25) is 0 Å². The summed E-state index contributed by atoms with van der Waals surface area (Å²) in [4.78, 5) is 2.36. The molecule has 0 aliphatic heterocycles. The van der Waals surface area contributed by atoms with Crippen LogP contribution in [0.2, 0.25) is 0 Å². The van der Waals surface area contributed by atoms with Gasteiger partial charge in [-0.15, -0.1) is 0 Å². The number of anilines is 3. The molecule has 0 atom stereocenters. The first-order chi connectivity index (χ1) is 26.8. The van der Waals surface area contributed by atoms with Gasteiger partial charge in [-0.05, 0) is 115 Å². The first-order valence-corrected chi connectivity index (χ1v) is 18.5. The van der Waals surface area contributed by atoms with Gasteiger partial charge >= 0.3 is 0 Å². The van der Waals surface area contributed by atoms with Crippen molar-refractivity contribution in [3.05, 3.63) is 200 Å². The molecule has 11 rings (SSSR count). The summed E-state index contributed by atoms with van der Waals surface area (Å²) < 4.78 is 6.44. The quantitative estimate of drug-likeness (QED) is 0.183. The maximum Gasteiger partial charge on any atom is 0.137 e. The van der Waals surface area contributed by atoms with E-state index in [-0.39, 0.29) is 0 Å². The van der Waals surface area contributed by atoms with Crippen LogP contribution in [-0.4, -0.2) is 0 Å². The number of benzene rings is 9. The Morgan fingerprint density at radius 2 is 0.759 bits per heavy atom. The van der Waals surface area contributed by atoms with Gasteiger partial charge in [0, 0.05) is 33.9 Å². The van der Waals surface area contributed by atoms with E-state index in [4.69, 9.17) is 4.42 Å². The van der Waals surface area contributed by atoms with Crippen molar-refractivity contribution in [3.63, 3.8) is 0 Å². The minimum atomic E-state index is 0.869. The van der Waals surface area contributed by atoms with Crippen LogP contribution in [0.5, 0.6) is 0 Å². The lowest BCUT2D eigenvalue weighted by atomic mass is 9.81. The van der Waals surface area contributed by atoms with Crippen LogP contribution in [-0.2, 0) is 0 Å². The molecule has 0 bridgehead atoms. The van der Waals surface area contributed by atoms with E-state index < -0.39 is 0 Å². The molecule has 0 N–H and O–H groups in total. The van der Waals surface area contributed by atoms with Crippen LogP contribution in [0.1, 0.15) is 0 Å². The Bertz CT molecular complexity index is 3050. The standard InChI is InChI=1S/C52H33NO/c1-2-12-36-31-37(22-21-34(36)11-1)35-23-25-38(26-24-35)53(40-28-30-49-48-19-9-10-20-51(48)54-52(49)33-40)39-27-29-47-45-17-6-5-15-43(45)41-13-3-4-14-42(41)44-16-7-8-18-46(44)50(47)32-39/h1-33H. The van der Waals surface area contributed by atoms with Gasteiger partial charge in [0.05, 0.1) is 0 Å². The summed E-state index contributed by atoms with van der Waals surface area (Å²) in [7, 11) is 0. The smallest absolute Gasteiger partial charge is 0.137 e. The van der Waals surface area contributed by atoms with Gasteiger partial charge in [-0.2, -0.15) is 0 Å². The summed E-state index contributed by atoms with van der Waals surface area (Å²) in [6.45, 7) is 0. The van der Waals surface area contributed by atoms with Crippen LogP contribution < -0.4 is 4.90 Å². The number of hydrogen-bond donors (Lipinski definition) is 0. The van der Waals surface area contributed by atoms with Crippen LogP contribution in [0.4, 0.5) is 17.1 Å². The highest BCUT2D eigenvalue weighted by molar-refractivity contribution is 6.07. The minimum Gasteiger partial charge on any atom is -0.456 e. The van der Waals surface area contributed by atoms with Crippen molar-refractivity contribution >= 4 is 49.8 Å². The Kier molecular flexibility index (Phi) is 6.90. The molecule has 9 aromatic carbocycles. The van der Waals surface area contributed by atoms with Crippen LogP contribution >= 0.6 is 0 Å². The molecule has 2 heteroatoms. The van der Waals surface area contributed by atoms with Gasteiger partial charge in [0.2, 0.25) is 0 Å². The van der Waals surface area contributed by atoms with Gasteiger partial charge in [-0.1, -0.05) is 146 Å². The number of fused-ring (bicyclic) bond motifs is 12. The Balaban J connectivity index is 1.12. The summed E-state index contributed by atoms with van der Waals surface area (Å²) >= 11 is 0. The summed E-state index contributed by atoms with van der Waals surface area (Å²) in [6.07, 6.45) is 0. The van der Waals surface area contributed by atoms with Crippen molar-refractivity contribution < 1.29 is 4.42 Å². The molecule has 1 heterocycles. The van der Waals surface area contributed by atoms with Crippen LogP contribution in [0.25, 0.3) is 88.3 Å². The predicted octanol–water partition coefficient (Wildman–Crippen LogP) is 14.9. The van der Waals surface area contributed by atoms with Gasteiger partial charge < -0.3 is 9.32 Å². The van der Waals surface area contributed by atoms with E-state index in [9.17, 15) is 0 Å². The highest BCUT2D eigenvalue weighted by atomic mass is 16.3. The van der Waals surface area contributed by atoms with Crippen molar-refractivity contribution in [2.24, 2.45) is 0 Å². The molecule has 10 aromatic rings. The third-order valence-corrected chi connectivity index (χ3v) is 11.0. The first-order valence-electron chi connectivity index (χ1n) is 18.5. The maximum absolute atomic E-state index is 6.44. The topological polar surface area (TPSA) is 16.4 Å². The molecular weight excluding hydrogens is 655 g/mol. The number of para-hydroxylation sites is 1. The lowest BCUT2D eigenvalue weighted by molar-refractivity contribution is 0.669. The zero-order valence-corrected chi connectivity index (χ0v) is 29.4. The van der Waals surface area contributed by atoms with Crippen LogP contribution in [0.15, 0.2) is 205 Å². The van der Waals surface area contributed by atoms with Gasteiger partial charge in [0.1, 0.15) is 11.2 Å². The average Bonchev–Trinajstić information content (AvgIpc) is 3.61. The molecule has 0 radical (unpaired) electrons. The highest BCUT2D eigenvalue weighted by Gasteiger charge is 2.24. The number of nitrogens with zero attached hydrogens (tertiary/aromatic N) is 1. The molecule has 2 nitrogen and oxygen atoms in total. The maximum atomic E-state index is 6.44. The fourth-order valence-electron chi connectivity index (χ4n) is 8.46. The van der Waals surface area contributed by atoms with E-state index in [2.05, 4.69) is 193 Å². The van der Waals surface area contributed by atoms with Crippen molar-refractivity contribution in [3.8, 4) is 55.6 Å². The summed E-state index contributed by atoms with van der Waals surface area (Å²) in [5.74, 6) is 0. The second-order valence-corrected chi connectivity index (χ2v) is 14.1. The lowest BCUT2D eigenvalue weighted by Gasteiger charge is -2.28. The third-order valence-electron chi connectivity index (χ3n) is 11.0.